The molecule has 0 aliphatic carbocycles. The quantitative estimate of drug-likeness (QED) is 0.741. The largest absolute Gasteiger partial charge is 0.381 e. The van der Waals surface area contributed by atoms with Crippen molar-refractivity contribution in [3.8, 4) is 0 Å². The minimum atomic E-state index is -0.680. The van der Waals surface area contributed by atoms with Crippen LogP contribution in [-0.4, -0.2) is 54.7 Å². The van der Waals surface area contributed by atoms with Gasteiger partial charge in [0.1, 0.15) is 5.54 Å². The minimum absolute atomic E-state index is 0.0508. The first kappa shape index (κ1) is 13.8. The van der Waals surface area contributed by atoms with Crippen LogP contribution in [0.1, 0.15) is 38.5 Å². The lowest BCUT2D eigenvalue weighted by atomic mass is 9.90. The molecule has 20 heavy (non-hydrogen) atoms. The summed E-state index contributed by atoms with van der Waals surface area (Å²) in [6.45, 7) is 2.72. The van der Waals surface area contributed by atoms with Crippen molar-refractivity contribution in [3.63, 3.8) is 0 Å². The van der Waals surface area contributed by atoms with Gasteiger partial charge in [-0.25, -0.2) is 4.79 Å². The molecule has 3 saturated heterocycles. The third kappa shape index (κ3) is 2.54. The van der Waals surface area contributed by atoms with E-state index in [4.69, 9.17) is 4.74 Å². The highest BCUT2D eigenvalue weighted by atomic mass is 16.5. The van der Waals surface area contributed by atoms with E-state index in [1.807, 2.05) is 0 Å². The van der Waals surface area contributed by atoms with Crippen molar-refractivity contribution in [1.82, 2.24) is 15.5 Å². The molecule has 0 aromatic heterocycles. The van der Waals surface area contributed by atoms with Crippen LogP contribution in [0.2, 0.25) is 0 Å². The Hall–Kier alpha value is -1.14. The third-order valence-corrected chi connectivity index (χ3v) is 4.69. The van der Waals surface area contributed by atoms with Gasteiger partial charge in [-0.2, -0.15) is 0 Å². The highest BCUT2D eigenvalue weighted by Gasteiger charge is 2.51. The molecule has 1 atom stereocenters. The van der Waals surface area contributed by atoms with E-state index >= 15 is 0 Å². The van der Waals surface area contributed by atoms with Crippen LogP contribution < -0.4 is 10.6 Å². The molecule has 3 amide bonds. The lowest BCUT2D eigenvalue weighted by molar-refractivity contribution is -0.134. The number of carbonyl (C=O) groups is 2. The van der Waals surface area contributed by atoms with Gasteiger partial charge >= 0.3 is 6.03 Å². The van der Waals surface area contributed by atoms with E-state index in [1.165, 1.54) is 17.7 Å². The molecule has 3 fully saturated rings. The van der Waals surface area contributed by atoms with E-state index in [0.29, 0.717) is 38.6 Å². The molecular formula is C14H23N3O3. The fourth-order valence-electron chi connectivity index (χ4n) is 3.44. The molecule has 0 aromatic rings. The van der Waals surface area contributed by atoms with E-state index < -0.39 is 5.54 Å². The number of amides is 3. The van der Waals surface area contributed by atoms with Crippen molar-refractivity contribution in [1.29, 1.82) is 0 Å². The van der Waals surface area contributed by atoms with Gasteiger partial charge in [-0.05, 0) is 32.2 Å². The molecule has 3 rings (SSSR count). The number of ether oxygens (including phenoxy) is 1. The first-order valence-electron chi connectivity index (χ1n) is 7.66. The standard InChI is InChI=1S/C14H23N3O3/c18-12-14(5-9-20-10-6-14)16-13(19)17(12)8-2-4-11-3-1-7-15-11/h11,15H,1-10H2,(H,16,19). The molecule has 3 aliphatic rings. The summed E-state index contributed by atoms with van der Waals surface area (Å²) >= 11 is 0. The van der Waals surface area contributed by atoms with Gasteiger partial charge in [-0.1, -0.05) is 0 Å². The summed E-state index contributed by atoms with van der Waals surface area (Å²) in [5.74, 6) is -0.0508. The highest BCUT2D eigenvalue weighted by Crippen LogP contribution is 2.28. The normalized spacial score (nSPS) is 29.2. The Morgan fingerprint density at radius 2 is 2.10 bits per heavy atom. The average Bonchev–Trinajstić information content (AvgIpc) is 3.03. The van der Waals surface area contributed by atoms with Crippen LogP contribution in [0, 0.1) is 0 Å². The van der Waals surface area contributed by atoms with Crippen LogP contribution in [0.4, 0.5) is 4.79 Å². The molecule has 112 valence electrons. The number of urea groups is 1. The Bertz CT molecular complexity index is 387. The fraction of sp³-hybridized carbons (Fsp3) is 0.857. The Morgan fingerprint density at radius 1 is 1.30 bits per heavy atom. The van der Waals surface area contributed by atoms with E-state index in [1.54, 1.807) is 0 Å². The summed E-state index contributed by atoms with van der Waals surface area (Å²) in [5.41, 5.74) is -0.680. The zero-order valence-corrected chi connectivity index (χ0v) is 11.8. The summed E-state index contributed by atoms with van der Waals surface area (Å²) in [5, 5.41) is 6.33. The number of nitrogens with one attached hydrogen (secondary N) is 2. The van der Waals surface area contributed by atoms with E-state index in [2.05, 4.69) is 10.6 Å². The zero-order chi connectivity index (χ0) is 14.0. The van der Waals surface area contributed by atoms with E-state index in [-0.39, 0.29) is 11.9 Å². The van der Waals surface area contributed by atoms with Crippen LogP contribution in [0.5, 0.6) is 0 Å². The zero-order valence-electron chi connectivity index (χ0n) is 11.8. The lowest BCUT2D eigenvalue weighted by Gasteiger charge is -2.30. The van der Waals surface area contributed by atoms with Gasteiger partial charge in [-0.15, -0.1) is 0 Å². The molecule has 0 bridgehead atoms. The second-order valence-corrected chi connectivity index (χ2v) is 6.02. The Balaban J connectivity index is 1.53. The SMILES string of the molecule is O=C1NC2(CCOCC2)C(=O)N1CCCC1CCCN1. The molecule has 3 heterocycles. The van der Waals surface area contributed by atoms with Gasteiger partial charge in [-0.3, -0.25) is 9.69 Å². The van der Waals surface area contributed by atoms with Gasteiger partial charge in [0.05, 0.1) is 0 Å². The van der Waals surface area contributed by atoms with Crippen molar-refractivity contribution in [2.75, 3.05) is 26.3 Å². The molecule has 6 nitrogen and oxygen atoms in total. The van der Waals surface area contributed by atoms with Crippen LogP contribution in [0.15, 0.2) is 0 Å². The predicted octanol–water partition coefficient (Wildman–Crippen LogP) is 0.620. The van der Waals surface area contributed by atoms with E-state index in [9.17, 15) is 9.59 Å². The molecule has 2 N–H and O–H groups in total. The maximum absolute atomic E-state index is 12.5. The van der Waals surface area contributed by atoms with Crippen molar-refractivity contribution in [2.24, 2.45) is 0 Å². The number of imide groups is 1. The smallest absolute Gasteiger partial charge is 0.325 e. The van der Waals surface area contributed by atoms with Crippen molar-refractivity contribution < 1.29 is 14.3 Å². The Kier molecular flexibility index (Phi) is 3.94. The minimum Gasteiger partial charge on any atom is -0.381 e. The molecule has 6 heteroatoms. The van der Waals surface area contributed by atoms with Gasteiger partial charge in [0, 0.05) is 38.6 Å². The molecule has 1 unspecified atom stereocenters. The summed E-state index contributed by atoms with van der Waals surface area (Å²) in [4.78, 5) is 25.9. The first-order valence-corrected chi connectivity index (χ1v) is 7.66. The van der Waals surface area contributed by atoms with Crippen LogP contribution in [-0.2, 0) is 9.53 Å². The maximum Gasteiger partial charge on any atom is 0.325 e. The van der Waals surface area contributed by atoms with Crippen LogP contribution in [0.3, 0.4) is 0 Å². The number of carbonyl (C=O) groups excluding carboxylic acids is 2. The van der Waals surface area contributed by atoms with Gasteiger partial charge < -0.3 is 15.4 Å². The third-order valence-electron chi connectivity index (χ3n) is 4.69. The lowest BCUT2D eigenvalue weighted by Crippen LogP contribution is -2.51. The Labute approximate surface area is 119 Å². The summed E-state index contributed by atoms with van der Waals surface area (Å²) < 4.78 is 5.29. The molecular weight excluding hydrogens is 258 g/mol. The number of hydrogen-bond donors (Lipinski definition) is 2. The summed E-state index contributed by atoms with van der Waals surface area (Å²) in [6.07, 6.45) is 5.55. The van der Waals surface area contributed by atoms with Gasteiger partial charge in [0.15, 0.2) is 0 Å². The molecule has 0 radical (unpaired) electrons. The first-order chi connectivity index (χ1) is 9.71. The van der Waals surface area contributed by atoms with Crippen molar-refractivity contribution in [2.45, 2.75) is 50.1 Å². The van der Waals surface area contributed by atoms with Crippen molar-refractivity contribution >= 4 is 11.9 Å². The maximum atomic E-state index is 12.5. The predicted molar refractivity (Wildman–Crippen MR) is 73.3 cm³/mol. The van der Waals surface area contributed by atoms with Crippen molar-refractivity contribution in [3.05, 3.63) is 0 Å². The molecule has 0 saturated carbocycles. The highest BCUT2D eigenvalue weighted by molar-refractivity contribution is 6.07. The molecule has 1 spiro atoms. The fourth-order valence-corrected chi connectivity index (χ4v) is 3.44. The van der Waals surface area contributed by atoms with Gasteiger partial charge in [0.25, 0.3) is 5.91 Å². The topological polar surface area (TPSA) is 70.7 Å². The van der Waals surface area contributed by atoms with Crippen LogP contribution in [0.25, 0.3) is 0 Å². The Morgan fingerprint density at radius 3 is 2.80 bits per heavy atom. The van der Waals surface area contributed by atoms with E-state index in [0.717, 1.165) is 19.4 Å². The van der Waals surface area contributed by atoms with Crippen LogP contribution >= 0.6 is 0 Å². The van der Waals surface area contributed by atoms with Gasteiger partial charge in [0.2, 0.25) is 0 Å². The number of hydrogen-bond acceptors (Lipinski definition) is 4. The number of rotatable bonds is 4. The second-order valence-electron chi connectivity index (χ2n) is 6.02. The summed E-state index contributed by atoms with van der Waals surface area (Å²) in [6, 6.07) is 0.337. The molecule has 0 aromatic carbocycles. The molecule has 3 aliphatic heterocycles. The monoisotopic (exact) mass is 281 g/mol. The summed E-state index contributed by atoms with van der Waals surface area (Å²) in [7, 11) is 0. The average molecular weight is 281 g/mol. The number of nitrogens with zero attached hydrogens (tertiary/aromatic N) is 1. The second kappa shape index (κ2) is 5.69.